The van der Waals surface area contributed by atoms with Crippen molar-refractivity contribution in [2.24, 2.45) is 0 Å². The van der Waals surface area contributed by atoms with Crippen LogP contribution in [0.1, 0.15) is 11.1 Å². The average Bonchev–Trinajstić information content (AvgIpc) is 2.90. The molecule has 0 amide bonds. The summed E-state index contributed by atoms with van der Waals surface area (Å²) in [5.41, 5.74) is 3.72. The highest BCUT2D eigenvalue weighted by atomic mass is 16.5. The van der Waals surface area contributed by atoms with Crippen molar-refractivity contribution in [3.05, 3.63) is 64.0 Å². The van der Waals surface area contributed by atoms with Crippen LogP contribution in [0.4, 0.5) is 0 Å². The molecule has 2 heterocycles. The molecule has 0 atom stereocenters. The first-order valence-corrected chi connectivity index (χ1v) is 7.69. The molecule has 0 N–H and O–H groups in total. The fourth-order valence-corrected chi connectivity index (χ4v) is 3.05. The Bertz CT molecular complexity index is 1130. The smallest absolute Gasteiger partial charge is 0.336 e. The van der Waals surface area contributed by atoms with Gasteiger partial charge in [-0.3, -0.25) is 0 Å². The van der Waals surface area contributed by atoms with Gasteiger partial charge in [-0.15, -0.1) is 0 Å². The van der Waals surface area contributed by atoms with Gasteiger partial charge < -0.3 is 13.6 Å². The zero-order valence-corrected chi connectivity index (χ0v) is 13.7. The van der Waals surface area contributed by atoms with Crippen molar-refractivity contribution >= 4 is 21.9 Å². The summed E-state index contributed by atoms with van der Waals surface area (Å²) < 4.78 is 16.6. The van der Waals surface area contributed by atoms with Crippen molar-refractivity contribution in [2.45, 2.75) is 13.8 Å². The summed E-state index contributed by atoms with van der Waals surface area (Å²) in [5.74, 6) is 1.41. The summed E-state index contributed by atoms with van der Waals surface area (Å²) in [6.45, 7) is 3.99. The lowest BCUT2D eigenvalue weighted by molar-refractivity contribution is 0.414. The molecular weight excluding hydrogens is 304 g/mol. The van der Waals surface area contributed by atoms with Crippen LogP contribution in [0.3, 0.4) is 0 Å². The second-order valence-corrected chi connectivity index (χ2v) is 5.90. The lowest BCUT2D eigenvalue weighted by atomic mass is 10.0. The van der Waals surface area contributed by atoms with Crippen LogP contribution in [0.25, 0.3) is 33.3 Å². The summed E-state index contributed by atoms with van der Waals surface area (Å²) in [5, 5.41) is 1.86. The van der Waals surface area contributed by atoms with Crippen LogP contribution in [0, 0.1) is 13.8 Å². The highest BCUT2D eigenvalue weighted by molar-refractivity contribution is 5.97. The fourth-order valence-electron chi connectivity index (χ4n) is 3.05. The highest BCUT2D eigenvalue weighted by Crippen LogP contribution is 2.37. The van der Waals surface area contributed by atoms with Gasteiger partial charge in [0.25, 0.3) is 0 Å². The van der Waals surface area contributed by atoms with Crippen molar-refractivity contribution in [3.63, 3.8) is 0 Å². The lowest BCUT2D eigenvalue weighted by Gasteiger charge is -2.05. The normalized spacial score (nSPS) is 11.3. The number of furan rings is 1. The minimum atomic E-state index is -0.390. The molecule has 0 bridgehead atoms. The largest absolute Gasteiger partial charge is 0.497 e. The van der Waals surface area contributed by atoms with E-state index in [9.17, 15) is 4.79 Å². The molecule has 2 aromatic heterocycles. The molecule has 24 heavy (non-hydrogen) atoms. The molecule has 0 fully saturated rings. The van der Waals surface area contributed by atoms with Crippen molar-refractivity contribution < 1.29 is 13.6 Å². The molecule has 0 spiro atoms. The first kappa shape index (κ1) is 14.6. The molecular formula is C20H16O4. The maximum Gasteiger partial charge on any atom is 0.336 e. The SMILES string of the molecule is COc1ccc2c(C)c(-c3cc(=O)oc4ccc(C)cc34)oc2c1. The summed E-state index contributed by atoms with van der Waals surface area (Å²) in [6.07, 6.45) is 0. The monoisotopic (exact) mass is 320 g/mol. The molecule has 0 unspecified atom stereocenters. The van der Waals surface area contributed by atoms with Crippen LogP contribution in [-0.2, 0) is 0 Å². The minimum Gasteiger partial charge on any atom is -0.497 e. The van der Waals surface area contributed by atoms with Gasteiger partial charge in [0.05, 0.1) is 7.11 Å². The summed E-state index contributed by atoms with van der Waals surface area (Å²) in [4.78, 5) is 12.0. The number of ether oxygens (including phenoxy) is 1. The van der Waals surface area contributed by atoms with Gasteiger partial charge in [-0.1, -0.05) is 11.6 Å². The second kappa shape index (κ2) is 5.27. The van der Waals surface area contributed by atoms with Crippen LogP contribution in [0.2, 0.25) is 0 Å². The Morgan fingerprint density at radius 1 is 0.875 bits per heavy atom. The van der Waals surface area contributed by atoms with E-state index in [0.717, 1.165) is 38.8 Å². The number of benzene rings is 2. The third-order valence-corrected chi connectivity index (χ3v) is 4.29. The van der Waals surface area contributed by atoms with Gasteiger partial charge in [0.2, 0.25) is 0 Å². The number of hydrogen-bond acceptors (Lipinski definition) is 4. The lowest BCUT2D eigenvalue weighted by Crippen LogP contribution is -1.98. The predicted octanol–water partition coefficient (Wildman–Crippen LogP) is 4.83. The zero-order valence-electron chi connectivity index (χ0n) is 13.7. The molecule has 4 rings (SSSR count). The van der Waals surface area contributed by atoms with Gasteiger partial charge in [0.15, 0.2) is 0 Å². The van der Waals surface area contributed by atoms with E-state index in [0.29, 0.717) is 11.3 Å². The van der Waals surface area contributed by atoms with Gasteiger partial charge in [0.1, 0.15) is 22.7 Å². The van der Waals surface area contributed by atoms with Gasteiger partial charge in [-0.2, -0.15) is 0 Å². The molecule has 0 aliphatic rings. The standard InChI is InChI=1S/C20H16O4/c1-11-4-7-17-15(8-11)16(10-19(21)23-17)20-12(2)14-6-5-13(22-3)9-18(14)24-20/h4-10H,1-3H3. The minimum absolute atomic E-state index is 0.390. The first-order chi connectivity index (χ1) is 11.6. The predicted molar refractivity (Wildman–Crippen MR) is 93.7 cm³/mol. The Labute approximate surface area is 138 Å². The van der Waals surface area contributed by atoms with Crippen molar-refractivity contribution in [1.82, 2.24) is 0 Å². The quantitative estimate of drug-likeness (QED) is 0.496. The Morgan fingerprint density at radius 2 is 1.71 bits per heavy atom. The third kappa shape index (κ3) is 2.19. The molecule has 0 saturated heterocycles. The van der Waals surface area contributed by atoms with Crippen LogP contribution >= 0.6 is 0 Å². The highest BCUT2D eigenvalue weighted by Gasteiger charge is 2.17. The van der Waals surface area contributed by atoms with Gasteiger partial charge in [-0.05, 0) is 38.1 Å². The van der Waals surface area contributed by atoms with Gasteiger partial charge in [0, 0.05) is 34.0 Å². The van der Waals surface area contributed by atoms with E-state index in [1.165, 1.54) is 6.07 Å². The summed E-state index contributed by atoms with van der Waals surface area (Å²) >= 11 is 0. The third-order valence-electron chi connectivity index (χ3n) is 4.29. The van der Waals surface area contributed by atoms with Crippen LogP contribution in [0.5, 0.6) is 5.75 Å². The topological polar surface area (TPSA) is 52.6 Å². The molecule has 0 aliphatic carbocycles. The molecule has 4 aromatic rings. The molecule has 2 aromatic carbocycles. The Kier molecular flexibility index (Phi) is 3.20. The average molecular weight is 320 g/mol. The molecule has 4 nitrogen and oxygen atoms in total. The van der Waals surface area contributed by atoms with E-state index < -0.39 is 5.63 Å². The molecule has 4 heteroatoms. The van der Waals surface area contributed by atoms with E-state index in [1.54, 1.807) is 7.11 Å². The van der Waals surface area contributed by atoms with Crippen molar-refractivity contribution in [3.8, 4) is 17.1 Å². The van der Waals surface area contributed by atoms with Crippen molar-refractivity contribution in [1.29, 1.82) is 0 Å². The first-order valence-electron chi connectivity index (χ1n) is 7.69. The number of fused-ring (bicyclic) bond motifs is 2. The fraction of sp³-hybridized carbons (Fsp3) is 0.150. The van der Waals surface area contributed by atoms with E-state index in [1.807, 2.05) is 50.2 Å². The van der Waals surface area contributed by atoms with Crippen LogP contribution < -0.4 is 10.4 Å². The number of methoxy groups -OCH3 is 1. The maximum atomic E-state index is 12.0. The second-order valence-electron chi connectivity index (χ2n) is 5.90. The van der Waals surface area contributed by atoms with E-state index in [-0.39, 0.29) is 0 Å². The molecule has 120 valence electrons. The number of aryl methyl sites for hydroxylation is 2. The van der Waals surface area contributed by atoms with Crippen LogP contribution in [-0.4, -0.2) is 7.11 Å². The van der Waals surface area contributed by atoms with Gasteiger partial charge >= 0.3 is 5.63 Å². The van der Waals surface area contributed by atoms with Crippen molar-refractivity contribution in [2.75, 3.05) is 7.11 Å². The Hall–Kier alpha value is -3.01. The van der Waals surface area contributed by atoms with E-state index in [2.05, 4.69) is 0 Å². The zero-order chi connectivity index (χ0) is 16.8. The Balaban J connectivity index is 2.07. The van der Waals surface area contributed by atoms with Gasteiger partial charge in [-0.25, -0.2) is 4.79 Å². The van der Waals surface area contributed by atoms with Crippen LogP contribution in [0.15, 0.2) is 56.1 Å². The number of hydrogen-bond donors (Lipinski definition) is 0. The summed E-state index contributed by atoms with van der Waals surface area (Å²) in [6, 6.07) is 12.9. The van der Waals surface area contributed by atoms with E-state index >= 15 is 0 Å². The summed E-state index contributed by atoms with van der Waals surface area (Å²) in [7, 11) is 1.62. The maximum absolute atomic E-state index is 12.0. The molecule has 0 saturated carbocycles. The molecule has 0 radical (unpaired) electrons. The Morgan fingerprint density at radius 3 is 2.50 bits per heavy atom. The van der Waals surface area contributed by atoms with E-state index in [4.69, 9.17) is 13.6 Å². The number of rotatable bonds is 2. The molecule has 0 aliphatic heterocycles.